The van der Waals surface area contributed by atoms with Crippen molar-refractivity contribution in [2.45, 2.75) is 13.5 Å². The van der Waals surface area contributed by atoms with Crippen LogP contribution in [0.1, 0.15) is 12.5 Å². The van der Waals surface area contributed by atoms with E-state index in [0.29, 0.717) is 25.0 Å². The first-order chi connectivity index (χ1) is 6.74. The summed E-state index contributed by atoms with van der Waals surface area (Å²) in [6.45, 7) is 3.29. The van der Waals surface area contributed by atoms with E-state index in [1.165, 1.54) is 0 Å². The van der Waals surface area contributed by atoms with Crippen LogP contribution in [0.25, 0.3) is 0 Å². The lowest BCUT2D eigenvalue weighted by Gasteiger charge is -2.09. The smallest absolute Gasteiger partial charge is 0.0731 e. The third kappa shape index (κ3) is 3.87. The van der Waals surface area contributed by atoms with Crippen LogP contribution in [0, 0.1) is 5.92 Å². The molecule has 1 unspecified atom stereocenters. The molecule has 1 aromatic rings. The molecule has 0 radical (unpaired) electrons. The van der Waals surface area contributed by atoms with Crippen molar-refractivity contribution in [2.24, 2.45) is 5.92 Å². The summed E-state index contributed by atoms with van der Waals surface area (Å²) >= 11 is 11.6. The minimum absolute atomic E-state index is 0.388. The fraction of sp³-hybridized carbons (Fsp3) is 0.455. The van der Waals surface area contributed by atoms with Crippen LogP contribution < -0.4 is 0 Å². The molecule has 0 aliphatic rings. The zero-order valence-corrected chi connectivity index (χ0v) is 9.68. The summed E-state index contributed by atoms with van der Waals surface area (Å²) < 4.78 is 5.48. The Bertz CT molecular complexity index is 276. The Morgan fingerprint density at radius 2 is 2.07 bits per heavy atom. The van der Waals surface area contributed by atoms with E-state index in [9.17, 15) is 0 Å². The molecule has 1 atom stereocenters. The summed E-state index contributed by atoms with van der Waals surface area (Å²) in [5.41, 5.74) is 1.02. The lowest BCUT2D eigenvalue weighted by molar-refractivity contribution is 0.0980. The number of halogens is 2. The molecule has 0 aliphatic heterocycles. The van der Waals surface area contributed by atoms with Gasteiger partial charge >= 0.3 is 0 Å². The fourth-order valence-electron chi connectivity index (χ4n) is 1.03. The van der Waals surface area contributed by atoms with Crippen molar-refractivity contribution in [1.82, 2.24) is 0 Å². The molecule has 0 spiro atoms. The molecule has 3 heteroatoms. The molecule has 0 amide bonds. The van der Waals surface area contributed by atoms with Crippen LogP contribution in [-0.2, 0) is 11.3 Å². The molecule has 0 fully saturated rings. The van der Waals surface area contributed by atoms with Crippen LogP contribution in [-0.4, -0.2) is 12.5 Å². The summed E-state index contributed by atoms with van der Waals surface area (Å²) in [6, 6.07) is 7.70. The lowest BCUT2D eigenvalue weighted by atomic mass is 10.2. The molecule has 1 aromatic carbocycles. The number of alkyl halides is 1. The summed E-state index contributed by atoms with van der Waals surface area (Å²) in [6.07, 6.45) is 0. The molecule has 1 nitrogen and oxygen atoms in total. The Kier molecular flexibility index (Phi) is 5.31. The van der Waals surface area contributed by atoms with Crippen molar-refractivity contribution in [3.8, 4) is 0 Å². The minimum Gasteiger partial charge on any atom is -0.376 e. The Morgan fingerprint density at radius 3 is 2.71 bits per heavy atom. The van der Waals surface area contributed by atoms with Gasteiger partial charge in [-0.15, -0.1) is 11.6 Å². The molecule has 78 valence electrons. The van der Waals surface area contributed by atoms with E-state index in [1.54, 1.807) is 0 Å². The van der Waals surface area contributed by atoms with Crippen LogP contribution in [0.5, 0.6) is 0 Å². The molecule has 0 heterocycles. The monoisotopic (exact) mass is 232 g/mol. The highest BCUT2D eigenvalue weighted by Gasteiger charge is 2.02. The van der Waals surface area contributed by atoms with Gasteiger partial charge in [-0.3, -0.25) is 0 Å². The topological polar surface area (TPSA) is 9.23 Å². The van der Waals surface area contributed by atoms with Gasteiger partial charge in [0.2, 0.25) is 0 Å². The van der Waals surface area contributed by atoms with Crippen molar-refractivity contribution in [3.63, 3.8) is 0 Å². The van der Waals surface area contributed by atoms with Gasteiger partial charge in [-0.2, -0.15) is 0 Å². The Hall–Kier alpha value is -0.240. The number of ether oxygens (including phenoxy) is 1. The largest absolute Gasteiger partial charge is 0.376 e. The average Bonchev–Trinajstić information content (AvgIpc) is 2.20. The first-order valence-electron chi connectivity index (χ1n) is 4.61. The Balaban J connectivity index is 2.35. The van der Waals surface area contributed by atoms with Crippen LogP contribution in [0.3, 0.4) is 0 Å². The lowest BCUT2D eigenvalue weighted by Crippen LogP contribution is -2.07. The molecule has 0 aromatic heterocycles. The molecule has 14 heavy (non-hydrogen) atoms. The first kappa shape index (κ1) is 11.8. The second-order valence-corrected chi connectivity index (χ2v) is 4.08. The third-order valence-electron chi connectivity index (χ3n) is 1.88. The van der Waals surface area contributed by atoms with Gasteiger partial charge in [0.1, 0.15) is 0 Å². The van der Waals surface area contributed by atoms with Gasteiger partial charge in [-0.05, 0) is 17.5 Å². The molecule has 0 saturated carbocycles. The predicted octanol–water partition coefficient (Wildman–Crippen LogP) is 3.73. The van der Waals surface area contributed by atoms with Gasteiger partial charge in [-0.1, -0.05) is 36.7 Å². The summed E-state index contributed by atoms with van der Waals surface area (Å²) in [5.74, 6) is 1.02. The second kappa shape index (κ2) is 6.28. The Labute approximate surface area is 95.0 Å². The molecule has 1 rings (SSSR count). The van der Waals surface area contributed by atoms with Gasteiger partial charge in [0.05, 0.1) is 13.2 Å². The number of hydrogen-bond donors (Lipinski definition) is 0. The van der Waals surface area contributed by atoms with E-state index >= 15 is 0 Å². The van der Waals surface area contributed by atoms with E-state index < -0.39 is 0 Å². The van der Waals surface area contributed by atoms with Crippen molar-refractivity contribution in [3.05, 3.63) is 34.9 Å². The first-order valence-corrected chi connectivity index (χ1v) is 5.52. The quantitative estimate of drug-likeness (QED) is 0.704. The number of hydrogen-bond acceptors (Lipinski definition) is 1. The second-order valence-electron chi connectivity index (χ2n) is 3.37. The van der Waals surface area contributed by atoms with Crippen LogP contribution in [0.2, 0.25) is 5.02 Å². The summed E-state index contributed by atoms with van der Waals surface area (Å²) in [5, 5.41) is 0.756. The molecular weight excluding hydrogens is 219 g/mol. The normalized spacial score (nSPS) is 12.8. The predicted molar refractivity (Wildman–Crippen MR) is 61.0 cm³/mol. The Morgan fingerprint density at radius 1 is 1.36 bits per heavy atom. The van der Waals surface area contributed by atoms with Crippen molar-refractivity contribution < 1.29 is 4.74 Å². The van der Waals surface area contributed by atoms with Gasteiger partial charge in [0, 0.05) is 10.9 Å². The molecule has 0 saturated heterocycles. The number of rotatable bonds is 5. The van der Waals surface area contributed by atoms with Crippen LogP contribution in [0.4, 0.5) is 0 Å². The molecule has 0 bridgehead atoms. The van der Waals surface area contributed by atoms with E-state index in [1.807, 2.05) is 24.3 Å². The van der Waals surface area contributed by atoms with Crippen molar-refractivity contribution in [2.75, 3.05) is 12.5 Å². The van der Waals surface area contributed by atoms with E-state index in [2.05, 4.69) is 6.92 Å². The van der Waals surface area contributed by atoms with Gasteiger partial charge in [0.25, 0.3) is 0 Å². The third-order valence-corrected chi connectivity index (χ3v) is 2.78. The van der Waals surface area contributed by atoms with Crippen molar-refractivity contribution in [1.29, 1.82) is 0 Å². The average molecular weight is 233 g/mol. The molecular formula is C11H14Cl2O. The van der Waals surface area contributed by atoms with Crippen molar-refractivity contribution >= 4 is 23.2 Å². The van der Waals surface area contributed by atoms with E-state index in [0.717, 1.165) is 10.6 Å². The molecule has 0 N–H and O–H groups in total. The highest BCUT2D eigenvalue weighted by atomic mass is 35.5. The van der Waals surface area contributed by atoms with Crippen LogP contribution >= 0.6 is 23.2 Å². The number of benzene rings is 1. The zero-order chi connectivity index (χ0) is 10.4. The fourth-order valence-corrected chi connectivity index (χ4v) is 1.31. The maximum Gasteiger partial charge on any atom is 0.0731 e. The SMILES string of the molecule is CC(CCl)COCc1ccccc1Cl. The summed E-state index contributed by atoms with van der Waals surface area (Å²) in [7, 11) is 0. The minimum atomic E-state index is 0.388. The highest BCUT2D eigenvalue weighted by molar-refractivity contribution is 6.31. The van der Waals surface area contributed by atoms with Crippen LogP contribution in [0.15, 0.2) is 24.3 Å². The van der Waals surface area contributed by atoms with E-state index in [-0.39, 0.29) is 0 Å². The van der Waals surface area contributed by atoms with Gasteiger partial charge < -0.3 is 4.74 Å². The summed E-state index contributed by atoms with van der Waals surface area (Å²) in [4.78, 5) is 0. The maximum atomic E-state index is 5.97. The van der Waals surface area contributed by atoms with Gasteiger partial charge in [-0.25, -0.2) is 0 Å². The standard InChI is InChI=1S/C11H14Cl2O/c1-9(6-12)7-14-8-10-4-2-3-5-11(10)13/h2-5,9H,6-8H2,1H3. The molecule has 0 aliphatic carbocycles. The maximum absolute atomic E-state index is 5.97. The highest BCUT2D eigenvalue weighted by Crippen LogP contribution is 2.16. The van der Waals surface area contributed by atoms with E-state index in [4.69, 9.17) is 27.9 Å². The van der Waals surface area contributed by atoms with Gasteiger partial charge in [0.15, 0.2) is 0 Å². The zero-order valence-electron chi connectivity index (χ0n) is 8.17.